The van der Waals surface area contributed by atoms with Gasteiger partial charge in [-0.2, -0.15) is 0 Å². The SMILES string of the molecule is O[C@@H](c1ccccc1)[C@@H](NCCN[C@@H](c1ccccc1)[C@@H](O)c1ccccc1)c1ccccc1. The Hall–Kier alpha value is -3.28. The topological polar surface area (TPSA) is 64.5 Å². The molecule has 4 heteroatoms. The summed E-state index contributed by atoms with van der Waals surface area (Å²) in [6.45, 7) is 1.24. The van der Waals surface area contributed by atoms with Crippen molar-refractivity contribution in [1.29, 1.82) is 0 Å². The fraction of sp³-hybridized carbons (Fsp3) is 0.200. The lowest BCUT2D eigenvalue weighted by Crippen LogP contribution is -2.36. The van der Waals surface area contributed by atoms with Gasteiger partial charge in [0.15, 0.2) is 0 Å². The highest BCUT2D eigenvalue weighted by Crippen LogP contribution is 2.30. The van der Waals surface area contributed by atoms with Gasteiger partial charge in [0.05, 0.1) is 24.3 Å². The second-order valence-corrected chi connectivity index (χ2v) is 8.40. The molecule has 0 aromatic heterocycles. The average molecular weight is 453 g/mol. The van der Waals surface area contributed by atoms with Crippen molar-refractivity contribution in [1.82, 2.24) is 10.6 Å². The highest BCUT2D eigenvalue weighted by molar-refractivity contribution is 5.27. The van der Waals surface area contributed by atoms with Gasteiger partial charge in [-0.05, 0) is 22.3 Å². The predicted octanol–water partition coefficient (Wildman–Crippen LogP) is 5.12. The first-order valence-corrected chi connectivity index (χ1v) is 11.8. The summed E-state index contributed by atoms with van der Waals surface area (Å²) in [7, 11) is 0. The molecule has 0 saturated carbocycles. The number of rotatable bonds is 11. The Balaban J connectivity index is 1.45. The van der Waals surface area contributed by atoms with Gasteiger partial charge in [0.1, 0.15) is 0 Å². The van der Waals surface area contributed by atoms with E-state index in [1.807, 2.05) is 121 Å². The van der Waals surface area contributed by atoms with Crippen molar-refractivity contribution in [2.45, 2.75) is 24.3 Å². The molecule has 34 heavy (non-hydrogen) atoms. The van der Waals surface area contributed by atoms with Crippen LogP contribution in [0, 0.1) is 0 Å². The maximum Gasteiger partial charge on any atom is 0.0984 e. The van der Waals surface area contributed by atoms with Crippen LogP contribution in [0.2, 0.25) is 0 Å². The van der Waals surface area contributed by atoms with E-state index in [1.54, 1.807) is 0 Å². The van der Waals surface area contributed by atoms with Crippen molar-refractivity contribution < 1.29 is 10.2 Å². The molecule has 0 bridgehead atoms. The van der Waals surface area contributed by atoms with Gasteiger partial charge in [-0.25, -0.2) is 0 Å². The van der Waals surface area contributed by atoms with E-state index in [2.05, 4.69) is 10.6 Å². The van der Waals surface area contributed by atoms with Crippen molar-refractivity contribution in [3.05, 3.63) is 144 Å². The van der Waals surface area contributed by atoms with E-state index in [0.29, 0.717) is 13.1 Å². The van der Waals surface area contributed by atoms with Crippen LogP contribution in [0.3, 0.4) is 0 Å². The zero-order valence-corrected chi connectivity index (χ0v) is 19.2. The highest BCUT2D eigenvalue weighted by atomic mass is 16.3. The Morgan fingerprint density at radius 1 is 0.412 bits per heavy atom. The maximum atomic E-state index is 11.1. The maximum absolute atomic E-state index is 11.1. The van der Waals surface area contributed by atoms with Gasteiger partial charge < -0.3 is 20.8 Å². The average Bonchev–Trinajstić information content (AvgIpc) is 2.92. The molecule has 0 fully saturated rings. The molecule has 0 unspecified atom stereocenters. The highest BCUT2D eigenvalue weighted by Gasteiger charge is 2.24. The molecule has 0 radical (unpaired) electrons. The minimum Gasteiger partial charge on any atom is -0.386 e. The van der Waals surface area contributed by atoms with E-state index in [-0.39, 0.29) is 12.1 Å². The molecule has 4 aromatic rings. The van der Waals surface area contributed by atoms with Gasteiger partial charge in [-0.3, -0.25) is 0 Å². The van der Waals surface area contributed by atoms with Crippen LogP contribution in [0.15, 0.2) is 121 Å². The first-order chi connectivity index (χ1) is 16.7. The Labute approximate surface area is 201 Å². The van der Waals surface area contributed by atoms with E-state index in [1.165, 1.54) is 0 Å². The van der Waals surface area contributed by atoms with Gasteiger partial charge in [0, 0.05) is 13.1 Å². The first-order valence-electron chi connectivity index (χ1n) is 11.8. The van der Waals surface area contributed by atoms with Crippen molar-refractivity contribution >= 4 is 0 Å². The zero-order chi connectivity index (χ0) is 23.6. The largest absolute Gasteiger partial charge is 0.386 e. The number of aliphatic hydroxyl groups is 2. The van der Waals surface area contributed by atoms with Gasteiger partial charge >= 0.3 is 0 Å². The van der Waals surface area contributed by atoms with Crippen LogP contribution in [0.1, 0.15) is 46.5 Å². The van der Waals surface area contributed by atoms with Gasteiger partial charge in [-0.1, -0.05) is 121 Å². The van der Waals surface area contributed by atoms with Gasteiger partial charge in [-0.15, -0.1) is 0 Å². The second-order valence-electron chi connectivity index (χ2n) is 8.40. The van der Waals surface area contributed by atoms with Crippen LogP contribution < -0.4 is 10.6 Å². The van der Waals surface area contributed by atoms with Crippen LogP contribution in [-0.2, 0) is 0 Å². The van der Waals surface area contributed by atoms with Crippen molar-refractivity contribution in [2.75, 3.05) is 13.1 Å². The minimum atomic E-state index is -0.677. The molecule has 4 nitrogen and oxygen atoms in total. The van der Waals surface area contributed by atoms with Crippen molar-refractivity contribution in [2.24, 2.45) is 0 Å². The molecule has 0 amide bonds. The minimum absolute atomic E-state index is 0.250. The van der Waals surface area contributed by atoms with E-state index in [4.69, 9.17) is 0 Å². The molecule has 4 rings (SSSR count). The smallest absolute Gasteiger partial charge is 0.0984 e. The molecule has 0 spiro atoms. The monoisotopic (exact) mass is 452 g/mol. The fourth-order valence-electron chi connectivity index (χ4n) is 4.28. The van der Waals surface area contributed by atoms with Crippen LogP contribution >= 0.6 is 0 Å². The van der Waals surface area contributed by atoms with E-state index < -0.39 is 12.2 Å². The third-order valence-electron chi connectivity index (χ3n) is 6.08. The summed E-state index contributed by atoms with van der Waals surface area (Å²) >= 11 is 0. The Kier molecular flexibility index (Phi) is 8.60. The van der Waals surface area contributed by atoms with E-state index >= 15 is 0 Å². The van der Waals surface area contributed by atoms with E-state index in [0.717, 1.165) is 22.3 Å². The summed E-state index contributed by atoms with van der Waals surface area (Å²) in [4.78, 5) is 0. The lowest BCUT2D eigenvalue weighted by Gasteiger charge is -2.28. The Bertz CT molecular complexity index is 1000. The lowest BCUT2D eigenvalue weighted by atomic mass is 9.95. The Morgan fingerprint density at radius 2 is 0.676 bits per heavy atom. The summed E-state index contributed by atoms with van der Waals surface area (Å²) < 4.78 is 0. The first kappa shape index (κ1) is 23.9. The molecule has 0 heterocycles. The van der Waals surface area contributed by atoms with Crippen LogP contribution in [0.25, 0.3) is 0 Å². The third-order valence-corrected chi connectivity index (χ3v) is 6.08. The van der Waals surface area contributed by atoms with E-state index in [9.17, 15) is 10.2 Å². The normalized spacial score (nSPS) is 14.8. The van der Waals surface area contributed by atoms with Crippen LogP contribution in [0.5, 0.6) is 0 Å². The molecular formula is C30H32N2O2. The molecule has 4 atom stereocenters. The molecule has 4 N–H and O–H groups in total. The Morgan fingerprint density at radius 3 is 0.971 bits per heavy atom. The second kappa shape index (κ2) is 12.3. The van der Waals surface area contributed by atoms with Crippen LogP contribution in [0.4, 0.5) is 0 Å². The molecule has 0 aliphatic carbocycles. The lowest BCUT2D eigenvalue weighted by molar-refractivity contribution is 0.121. The molecule has 174 valence electrons. The molecule has 4 aromatic carbocycles. The fourth-order valence-corrected chi connectivity index (χ4v) is 4.28. The molecular weight excluding hydrogens is 420 g/mol. The van der Waals surface area contributed by atoms with Gasteiger partial charge in [0.2, 0.25) is 0 Å². The number of nitrogens with one attached hydrogen (secondary N) is 2. The molecule has 0 aliphatic rings. The van der Waals surface area contributed by atoms with Crippen molar-refractivity contribution in [3.8, 4) is 0 Å². The third kappa shape index (κ3) is 6.19. The predicted molar refractivity (Wildman–Crippen MR) is 137 cm³/mol. The van der Waals surface area contributed by atoms with Crippen LogP contribution in [-0.4, -0.2) is 23.3 Å². The summed E-state index contributed by atoms with van der Waals surface area (Å²) in [5.74, 6) is 0. The molecule has 0 saturated heterocycles. The van der Waals surface area contributed by atoms with Crippen molar-refractivity contribution in [3.63, 3.8) is 0 Å². The van der Waals surface area contributed by atoms with Gasteiger partial charge in [0.25, 0.3) is 0 Å². The zero-order valence-electron chi connectivity index (χ0n) is 19.2. The number of hydrogen-bond acceptors (Lipinski definition) is 4. The summed E-state index contributed by atoms with van der Waals surface area (Å²) in [5, 5.41) is 29.3. The standard InChI is InChI=1S/C30H32N2O2/c33-29(25-17-9-3-10-18-25)27(23-13-5-1-6-14-23)31-21-22-32-28(24-15-7-2-8-16-24)30(34)26-19-11-4-12-20-26/h1-20,27-34H,21-22H2/t27-,28-,29-,30-/m0/s1. The summed E-state index contributed by atoms with van der Waals surface area (Å²) in [5.41, 5.74) is 3.81. The number of aliphatic hydroxyl groups excluding tert-OH is 2. The number of benzene rings is 4. The quantitative estimate of drug-likeness (QED) is 0.239. The number of hydrogen-bond donors (Lipinski definition) is 4. The molecule has 0 aliphatic heterocycles. The summed E-state index contributed by atoms with van der Waals surface area (Å²) in [6, 6.07) is 39.0. The summed E-state index contributed by atoms with van der Waals surface area (Å²) in [6.07, 6.45) is -1.35.